The fourth-order valence-corrected chi connectivity index (χ4v) is 3.20. The Morgan fingerprint density at radius 2 is 1.77 bits per heavy atom. The molecule has 158 valence electrons. The molecule has 2 heterocycles. The van der Waals surface area contributed by atoms with Crippen molar-refractivity contribution in [1.29, 1.82) is 0 Å². The number of ether oxygens (including phenoxy) is 1. The number of aliphatic hydroxyl groups is 1. The van der Waals surface area contributed by atoms with E-state index in [1.165, 1.54) is 24.5 Å². The number of hydrogen-bond acceptors (Lipinski definition) is 5. The first-order valence-corrected chi connectivity index (χ1v) is 8.97. The van der Waals surface area contributed by atoms with E-state index < -0.39 is 41.0 Å². The van der Waals surface area contributed by atoms with E-state index in [9.17, 15) is 27.9 Å². The van der Waals surface area contributed by atoms with Crippen LogP contribution >= 0.6 is 0 Å². The van der Waals surface area contributed by atoms with Crippen molar-refractivity contribution < 1.29 is 32.6 Å². The van der Waals surface area contributed by atoms with Crippen molar-refractivity contribution in [2.45, 2.75) is 33.2 Å². The number of amides is 1. The topological polar surface area (TPSA) is 79.7 Å². The number of aliphatic hydroxyl groups excluding tert-OH is 1. The van der Waals surface area contributed by atoms with Crippen LogP contribution in [0.15, 0.2) is 60.1 Å². The second-order valence-electron chi connectivity index (χ2n) is 7.74. The highest BCUT2D eigenvalue weighted by Gasteiger charge is 2.46. The Bertz CT molecular complexity index is 1010. The van der Waals surface area contributed by atoms with Gasteiger partial charge in [0.25, 0.3) is 5.91 Å². The number of halogens is 3. The first kappa shape index (κ1) is 21.4. The fraction of sp³-hybridized carbons (Fsp3) is 0.286. The molecule has 30 heavy (non-hydrogen) atoms. The maximum atomic E-state index is 13.1. The maximum Gasteiger partial charge on any atom is 0.573 e. The molecule has 9 heteroatoms. The highest BCUT2D eigenvalue weighted by molar-refractivity contribution is 6.17. The molecule has 1 N–H and O–H groups in total. The minimum absolute atomic E-state index is 0.0341. The second kappa shape index (κ2) is 7.47. The average molecular weight is 420 g/mol. The molecule has 0 bridgehead atoms. The lowest BCUT2D eigenvalue weighted by molar-refractivity contribution is -0.274. The van der Waals surface area contributed by atoms with Gasteiger partial charge in [-0.25, -0.2) is 0 Å². The lowest BCUT2D eigenvalue weighted by atomic mass is 9.82. The molecule has 1 aromatic carbocycles. The van der Waals surface area contributed by atoms with Crippen LogP contribution in [-0.2, 0) is 9.59 Å². The number of pyridine rings is 1. The van der Waals surface area contributed by atoms with Crippen LogP contribution in [0.2, 0.25) is 0 Å². The number of carbonyl (C=O) groups is 2. The van der Waals surface area contributed by atoms with Crippen molar-refractivity contribution in [2.75, 3.05) is 4.90 Å². The van der Waals surface area contributed by atoms with Crippen molar-refractivity contribution in [3.05, 3.63) is 65.7 Å². The Labute approximate surface area is 170 Å². The fourth-order valence-electron chi connectivity index (χ4n) is 3.20. The molecule has 3 rings (SSSR count). The van der Waals surface area contributed by atoms with Crippen LogP contribution in [0.4, 0.5) is 18.9 Å². The SMILES string of the molecule is CC(C)(C)C(=O)C1=C(O)C(=O)N(c2cccc(OC(F)(F)F)c2)C1c1ccncc1. The first-order valence-electron chi connectivity index (χ1n) is 8.97. The van der Waals surface area contributed by atoms with Crippen LogP contribution < -0.4 is 9.64 Å². The van der Waals surface area contributed by atoms with Gasteiger partial charge < -0.3 is 9.84 Å². The van der Waals surface area contributed by atoms with E-state index in [2.05, 4.69) is 9.72 Å². The predicted octanol–water partition coefficient (Wildman–Crippen LogP) is 4.50. The summed E-state index contributed by atoms with van der Waals surface area (Å²) in [5, 5.41) is 10.6. The van der Waals surface area contributed by atoms with Crippen molar-refractivity contribution in [1.82, 2.24) is 4.98 Å². The Morgan fingerprint density at radius 3 is 2.33 bits per heavy atom. The van der Waals surface area contributed by atoms with Crippen molar-refractivity contribution >= 4 is 17.4 Å². The largest absolute Gasteiger partial charge is 0.573 e. The molecule has 1 aromatic heterocycles. The quantitative estimate of drug-likeness (QED) is 0.788. The van der Waals surface area contributed by atoms with E-state index in [0.29, 0.717) is 5.56 Å². The van der Waals surface area contributed by atoms with Crippen LogP contribution in [-0.4, -0.2) is 28.1 Å². The number of hydrogen-bond donors (Lipinski definition) is 1. The zero-order valence-electron chi connectivity index (χ0n) is 16.4. The number of nitrogens with zero attached hydrogens (tertiary/aromatic N) is 2. The number of ketones is 1. The summed E-state index contributed by atoms with van der Waals surface area (Å²) in [5.74, 6) is -2.62. The third-order valence-electron chi connectivity index (χ3n) is 4.49. The van der Waals surface area contributed by atoms with Gasteiger partial charge in [-0.05, 0) is 29.8 Å². The lowest BCUT2D eigenvalue weighted by Gasteiger charge is -2.29. The summed E-state index contributed by atoms with van der Waals surface area (Å²) >= 11 is 0. The minimum Gasteiger partial charge on any atom is -0.503 e. The van der Waals surface area contributed by atoms with Gasteiger partial charge in [0.1, 0.15) is 5.75 Å². The van der Waals surface area contributed by atoms with E-state index in [1.54, 1.807) is 32.9 Å². The molecule has 1 unspecified atom stereocenters. The normalized spacial score (nSPS) is 17.5. The first-order chi connectivity index (χ1) is 13.9. The molecular formula is C21H19F3N2O4. The van der Waals surface area contributed by atoms with E-state index in [-0.39, 0.29) is 11.3 Å². The highest BCUT2D eigenvalue weighted by atomic mass is 19.4. The number of rotatable bonds is 4. The molecule has 1 aliphatic rings. The summed E-state index contributed by atoms with van der Waals surface area (Å²) in [6.45, 7) is 4.93. The molecule has 0 radical (unpaired) electrons. The summed E-state index contributed by atoms with van der Waals surface area (Å²) < 4.78 is 41.8. The number of carbonyl (C=O) groups excluding carboxylic acids is 2. The Morgan fingerprint density at radius 1 is 1.13 bits per heavy atom. The Kier molecular flexibility index (Phi) is 5.32. The van der Waals surface area contributed by atoms with Gasteiger partial charge in [0, 0.05) is 29.6 Å². The Hall–Kier alpha value is -3.36. The van der Waals surface area contributed by atoms with E-state index in [0.717, 1.165) is 17.0 Å². The molecule has 1 aliphatic heterocycles. The molecular weight excluding hydrogens is 401 g/mol. The van der Waals surface area contributed by atoms with Crippen molar-refractivity contribution in [3.8, 4) is 5.75 Å². The monoisotopic (exact) mass is 420 g/mol. The summed E-state index contributed by atoms with van der Waals surface area (Å²) in [6.07, 6.45) is -2.00. The summed E-state index contributed by atoms with van der Waals surface area (Å²) in [4.78, 5) is 31.0. The number of Topliss-reactive ketones (excluding diaryl/α,β-unsaturated/α-hetero) is 1. The molecule has 0 saturated heterocycles. The van der Waals surface area contributed by atoms with Gasteiger partial charge in [0.15, 0.2) is 11.5 Å². The minimum atomic E-state index is -4.91. The van der Waals surface area contributed by atoms with Gasteiger partial charge in [-0.1, -0.05) is 26.8 Å². The highest BCUT2D eigenvalue weighted by Crippen LogP contribution is 2.44. The molecule has 0 saturated carbocycles. The van der Waals surface area contributed by atoms with E-state index >= 15 is 0 Å². The summed E-state index contributed by atoms with van der Waals surface area (Å²) in [5.41, 5.74) is -0.531. The molecule has 0 spiro atoms. The van der Waals surface area contributed by atoms with Gasteiger partial charge in [0.2, 0.25) is 0 Å². The molecule has 1 atom stereocenters. The number of anilines is 1. The van der Waals surface area contributed by atoms with Crippen molar-refractivity contribution in [3.63, 3.8) is 0 Å². The van der Waals surface area contributed by atoms with Crippen LogP contribution in [0.3, 0.4) is 0 Å². The van der Waals surface area contributed by atoms with Crippen LogP contribution in [0.1, 0.15) is 32.4 Å². The standard InChI is InChI=1S/C21H19F3N2O4/c1-20(2,3)18(28)15-16(12-7-9-25-10-8-12)26(19(29)17(15)27)13-5-4-6-14(11-13)30-21(22,23)24/h4-11,16,27H,1-3H3. The van der Waals surface area contributed by atoms with E-state index in [1.807, 2.05) is 0 Å². The molecule has 0 fully saturated rings. The smallest absolute Gasteiger partial charge is 0.503 e. The van der Waals surface area contributed by atoms with Crippen LogP contribution in [0.5, 0.6) is 5.75 Å². The van der Waals surface area contributed by atoms with Gasteiger partial charge in [0.05, 0.1) is 11.6 Å². The number of alkyl halides is 3. The van der Waals surface area contributed by atoms with Crippen LogP contribution in [0, 0.1) is 5.41 Å². The van der Waals surface area contributed by atoms with Crippen LogP contribution in [0.25, 0.3) is 0 Å². The average Bonchev–Trinajstić information content (AvgIpc) is 2.91. The molecule has 0 aliphatic carbocycles. The summed E-state index contributed by atoms with van der Waals surface area (Å²) in [6, 6.07) is 6.89. The summed E-state index contributed by atoms with van der Waals surface area (Å²) in [7, 11) is 0. The van der Waals surface area contributed by atoms with Gasteiger partial charge in [-0.15, -0.1) is 13.2 Å². The molecule has 1 amide bonds. The zero-order chi connectivity index (χ0) is 22.3. The zero-order valence-corrected chi connectivity index (χ0v) is 16.4. The van der Waals surface area contributed by atoms with E-state index in [4.69, 9.17) is 0 Å². The van der Waals surface area contributed by atoms with Gasteiger partial charge in [-0.3, -0.25) is 19.5 Å². The number of benzene rings is 1. The Balaban J connectivity index is 2.14. The van der Waals surface area contributed by atoms with Crippen molar-refractivity contribution in [2.24, 2.45) is 5.41 Å². The third kappa shape index (κ3) is 4.14. The molecule has 6 nitrogen and oxygen atoms in total. The maximum absolute atomic E-state index is 13.1. The molecule has 2 aromatic rings. The second-order valence-corrected chi connectivity index (χ2v) is 7.74. The van der Waals surface area contributed by atoms with Gasteiger partial charge in [-0.2, -0.15) is 0 Å². The number of aromatic nitrogens is 1. The third-order valence-corrected chi connectivity index (χ3v) is 4.49. The van der Waals surface area contributed by atoms with Gasteiger partial charge >= 0.3 is 6.36 Å². The lowest BCUT2D eigenvalue weighted by Crippen LogP contribution is -2.33. The predicted molar refractivity (Wildman–Crippen MR) is 102 cm³/mol.